The Bertz CT molecular complexity index is 566. The van der Waals surface area contributed by atoms with Crippen molar-refractivity contribution in [2.24, 2.45) is 5.73 Å². The predicted octanol–water partition coefficient (Wildman–Crippen LogP) is 2.49. The summed E-state index contributed by atoms with van der Waals surface area (Å²) in [4.78, 5) is 15.9. The average molecular weight is 256 g/mol. The molecule has 0 aliphatic rings. The number of carbonyl (C=O) groups is 1. The smallest absolute Gasteiger partial charge is 0.324 e. The van der Waals surface area contributed by atoms with Crippen molar-refractivity contribution in [1.82, 2.24) is 4.98 Å². The van der Waals surface area contributed by atoms with Crippen LogP contribution in [0.3, 0.4) is 0 Å². The van der Waals surface area contributed by atoms with E-state index in [9.17, 15) is 4.79 Å². The molecule has 0 atom stereocenters. The van der Waals surface area contributed by atoms with E-state index in [1.54, 1.807) is 12.3 Å². The van der Waals surface area contributed by atoms with E-state index in [4.69, 9.17) is 5.73 Å². The Balaban J connectivity index is 2.03. The van der Waals surface area contributed by atoms with E-state index in [0.29, 0.717) is 18.1 Å². The molecular weight excluding hydrogens is 240 g/mol. The van der Waals surface area contributed by atoms with Crippen molar-refractivity contribution in [2.75, 3.05) is 10.6 Å². The molecule has 1 aromatic carbocycles. The number of nitrogens with zero attached hydrogens (tertiary/aromatic N) is 1. The Morgan fingerprint density at radius 2 is 2.00 bits per heavy atom. The number of amides is 2. The number of hydrogen-bond acceptors (Lipinski definition) is 3. The lowest BCUT2D eigenvalue weighted by Crippen LogP contribution is -2.21. The third-order valence-corrected chi connectivity index (χ3v) is 2.64. The molecule has 0 unspecified atom stereocenters. The molecule has 5 heteroatoms. The summed E-state index contributed by atoms with van der Waals surface area (Å²) >= 11 is 0. The summed E-state index contributed by atoms with van der Waals surface area (Å²) in [5.41, 5.74) is 8.24. The molecule has 2 amide bonds. The van der Waals surface area contributed by atoms with Crippen LogP contribution in [0.4, 0.5) is 16.3 Å². The van der Waals surface area contributed by atoms with Gasteiger partial charge in [-0.25, -0.2) is 9.78 Å². The summed E-state index contributed by atoms with van der Waals surface area (Å²) < 4.78 is 0. The minimum Gasteiger partial charge on any atom is -0.326 e. The highest BCUT2D eigenvalue weighted by molar-refractivity contribution is 5.99. The SMILES string of the molecule is Cc1ccc(NC(=O)Nc2ccccc2CN)nc1. The third kappa shape index (κ3) is 3.53. The average Bonchev–Trinajstić information content (AvgIpc) is 2.42. The van der Waals surface area contributed by atoms with Gasteiger partial charge >= 0.3 is 6.03 Å². The van der Waals surface area contributed by atoms with Crippen molar-refractivity contribution in [3.8, 4) is 0 Å². The number of nitrogens with one attached hydrogen (secondary N) is 2. The molecule has 19 heavy (non-hydrogen) atoms. The Hall–Kier alpha value is -2.40. The van der Waals surface area contributed by atoms with Crippen LogP contribution < -0.4 is 16.4 Å². The molecule has 0 aliphatic heterocycles. The molecule has 0 saturated heterocycles. The van der Waals surface area contributed by atoms with Crippen LogP contribution in [-0.2, 0) is 6.54 Å². The number of anilines is 2. The second-order valence-corrected chi connectivity index (χ2v) is 4.16. The Labute approximate surface area is 111 Å². The minimum absolute atomic E-state index is 0.336. The fraction of sp³-hybridized carbons (Fsp3) is 0.143. The lowest BCUT2D eigenvalue weighted by molar-refractivity contribution is 0.262. The number of nitrogens with two attached hydrogens (primary N) is 1. The number of pyridine rings is 1. The molecule has 0 fully saturated rings. The number of aromatic nitrogens is 1. The van der Waals surface area contributed by atoms with Crippen LogP contribution in [0.1, 0.15) is 11.1 Å². The van der Waals surface area contributed by atoms with Gasteiger partial charge < -0.3 is 11.1 Å². The predicted molar refractivity (Wildman–Crippen MR) is 75.9 cm³/mol. The Morgan fingerprint density at radius 3 is 2.68 bits per heavy atom. The summed E-state index contributed by atoms with van der Waals surface area (Å²) in [5, 5.41) is 5.42. The van der Waals surface area contributed by atoms with Gasteiger partial charge in [-0.2, -0.15) is 0 Å². The van der Waals surface area contributed by atoms with Gasteiger partial charge in [0.15, 0.2) is 0 Å². The van der Waals surface area contributed by atoms with Crippen LogP contribution >= 0.6 is 0 Å². The molecule has 0 saturated carbocycles. The first-order valence-electron chi connectivity index (χ1n) is 5.97. The minimum atomic E-state index is -0.336. The van der Waals surface area contributed by atoms with Crippen LogP contribution in [0.25, 0.3) is 0 Å². The van der Waals surface area contributed by atoms with E-state index in [0.717, 1.165) is 11.1 Å². The van der Waals surface area contributed by atoms with Crippen LogP contribution in [0.5, 0.6) is 0 Å². The van der Waals surface area contributed by atoms with E-state index < -0.39 is 0 Å². The largest absolute Gasteiger partial charge is 0.326 e. The summed E-state index contributed by atoms with van der Waals surface area (Å²) in [6.45, 7) is 2.31. The number of para-hydroxylation sites is 1. The van der Waals surface area contributed by atoms with Gasteiger partial charge in [0, 0.05) is 18.4 Å². The molecular formula is C14H16N4O. The van der Waals surface area contributed by atoms with E-state index in [1.807, 2.05) is 37.3 Å². The zero-order valence-electron chi connectivity index (χ0n) is 10.7. The van der Waals surface area contributed by atoms with Gasteiger partial charge in [0.25, 0.3) is 0 Å². The fourth-order valence-electron chi connectivity index (χ4n) is 1.63. The van der Waals surface area contributed by atoms with Crippen molar-refractivity contribution in [2.45, 2.75) is 13.5 Å². The normalized spacial score (nSPS) is 10.0. The van der Waals surface area contributed by atoms with Gasteiger partial charge in [0.1, 0.15) is 5.82 Å². The fourth-order valence-corrected chi connectivity index (χ4v) is 1.63. The highest BCUT2D eigenvalue weighted by Gasteiger charge is 2.06. The van der Waals surface area contributed by atoms with Gasteiger partial charge in [0.05, 0.1) is 0 Å². The maximum absolute atomic E-state index is 11.8. The molecule has 98 valence electrons. The van der Waals surface area contributed by atoms with E-state index in [2.05, 4.69) is 15.6 Å². The first-order valence-corrected chi connectivity index (χ1v) is 5.97. The van der Waals surface area contributed by atoms with E-state index in [-0.39, 0.29) is 6.03 Å². The molecule has 0 aliphatic carbocycles. The zero-order valence-corrected chi connectivity index (χ0v) is 10.7. The van der Waals surface area contributed by atoms with E-state index >= 15 is 0 Å². The number of rotatable bonds is 3. The third-order valence-electron chi connectivity index (χ3n) is 2.64. The number of urea groups is 1. The first kappa shape index (κ1) is 13.0. The zero-order chi connectivity index (χ0) is 13.7. The number of aryl methyl sites for hydroxylation is 1. The molecule has 2 rings (SSSR count). The van der Waals surface area contributed by atoms with Gasteiger partial charge in [-0.3, -0.25) is 5.32 Å². The Kier molecular flexibility index (Phi) is 4.10. The summed E-state index contributed by atoms with van der Waals surface area (Å²) in [5.74, 6) is 0.508. The summed E-state index contributed by atoms with van der Waals surface area (Å²) in [6, 6.07) is 10.7. The molecule has 0 radical (unpaired) electrons. The number of benzene rings is 1. The standard InChI is InChI=1S/C14H16N4O/c1-10-6-7-13(16-9-10)18-14(19)17-12-5-3-2-4-11(12)8-15/h2-7,9H,8,15H2,1H3,(H2,16,17,18,19). The maximum atomic E-state index is 11.8. The monoisotopic (exact) mass is 256 g/mol. The maximum Gasteiger partial charge on any atom is 0.324 e. The first-order chi connectivity index (χ1) is 9.19. The van der Waals surface area contributed by atoms with Gasteiger partial charge in [-0.05, 0) is 30.2 Å². The topological polar surface area (TPSA) is 80.0 Å². The van der Waals surface area contributed by atoms with Gasteiger partial charge in [0.2, 0.25) is 0 Å². The molecule has 0 spiro atoms. The van der Waals surface area contributed by atoms with Crippen molar-refractivity contribution in [1.29, 1.82) is 0 Å². The van der Waals surface area contributed by atoms with Crippen LogP contribution in [0, 0.1) is 6.92 Å². The highest BCUT2D eigenvalue weighted by atomic mass is 16.2. The van der Waals surface area contributed by atoms with E-state index in [1.165, 1.54) is 0 Å². The second-order valence-electron chi connectivity index (χ2n) is 4.16. The van der Waals surface area contributed by atoms with Crippen molar-refractivity contribution >= 4 is 17.5 Å². The van der Waals surface area contributed by atoms with Crippen LogP contribution in [-0.4, -0.2) is 11.0 Å². The van der Waals surface area contributed by atoms with Crippen molar-refractivity contribution in [3.63, 3.8) is 0 Å². The quantitative estimate of drug-likeness (QED) is 0.789. The van der Waals surface area contributed by atoms with Crippen LogP contribution in [0.15, 0.2) is 42.6 Å². The summed E-state index contributed by atoms with van der Waals surface area (Å²) in [7, 11) is 0. The number of carbonyl (C=O) groups excluding carboxylic acids is 1. The van der Waals surface area contributed by atoms with Gasteiger partial charge in [-0.1, -0.05) is 24.3 Å². The Morgan fingerprint density at radius 1 is 1.21 bits per heavy atom. The van der Waals surface area contributed by atoms with Gasteiger partial charge in [-0.15, -0.1) is 0 Å². The lowest BCUT2D eigenvalue weighted by atomic mass is 10.2. The van der Waals surface area contributed by atoms with Crippen molar-refractivity contribution in [3.05, 3.63) is 53.7 Å². The summed E-state index contributed by atoms with van der Waals surface area (Å²) in [6.07, 6.45) is 1.70. The lowest BCUT2D eigenvalue weighted by Gasteiger charge is -2.10. The molecule has 0 bridgehead atoms. The molecule has 2 aromatic rings. The van der Waals surface area contributed by atoms with Crippen LogP contribution in [0.2, 0.25) is 0 Å². The van der Waals surface area contributed by atoms with Crippen molar-refractivity contribution < 1.29 is 4.79 Å². The number of hydrogen-bond donors (Lipinski definition) is 3. The molecule has 4 N–H and O–H groups in total. The molecule has 1 aromatic heterocycles. The molecule has 1 heterocycles. The highest BCUT2D eigenvalue weighted by Crippen LogP contribution is 2.14. The second kappa shape index (κ2) is 5.97. The molecule has 5 nitrogen and oxygen atoms in total.